The van der Waals surface area contributed by atoms with Gasteiger partial charge in [0.2, 0.25) is 0 Å². The van der Waals surface area contributed by atoms with E-state index in [-0.39, 0.29) is 24.0 Å². The van der Waals surface area contributed by atoms with Crippen molar-refractivity contribution in [2.45, 2.75) is 0 Å². The number of carbonyl (C=O) groups excluding carboxylic acids is 1. The molecular weight excluding hydrogens is 300 g/mol. The van der Waals surface area contributed by atoms with Gasteiger partial charge in [0.15, 0.2) is 12.4 Å². The predicted molar refractivity (Wildman–Crippen MR) is 83.5 cm³/mol. The van der Waals surface area contributed by atoms with E-state index in [9.17, 15) is 14.9 Å². The highest BCUT2D eigenvalue weighted by atomic mass is 16.6. The van der Waals surface area contributed by atoms with E-state index in [4.69, 9.17) is 9.47 Å². The van der Waals surface area contributed by atoms with Crippen molar-refractivity contribution in [1.82, 2.24) is 5.32 Å². The van der Waals surface area contributed by atoms with Crippen molar-refractivity contribution in [1.29, 1.82) is 0 Å². The Morgan fingerprint density at radius 1 is 1.04 bits per heavy atom. The highest BCUT2D eigenvalue weighted by Crippen LogP contribution is 2.25. The Hall–Kier alpha value is -3.09. The molecule has 23 heavy (non-hydrogen) atoms. The molecule has 120 valence electrons. The van der Waals surface area contributed by atoms with Crippen molar-refractivity contribution >= 4 is 11.6 Å². The molecule has 0 aliphatic rings. The van der Waals surface area contributed by atoms with Crippen LogP contribution < -0.4 is 14.8 Å². The molecule has 1 N–H and O–H groups in total. The minimum absolute atomic E-state index is 0.0631. The van der Waals surface area contributed by atoms with Gasteiger partial charge in [-0.3, -0.25) is 14.9 Å². The van der Waals surface area contributed by atoms with Crippen LogP contribution in [-0.2, 0) is 4.79 Å². The van der Waals surface area contributed by atoms with E-state index in [1.807, 2.05) is 30.3 Å². The van der Waals surface area contributed by atoms with Gasteiger partial charge in [0.05, 0.1) is 11.5 Å². The zero-order chi connectivity index (χ0) is 16.5. The van der Waals surface area contributed by atoms with Crippen LogP contribution >= 0.6 is 0 Å². The molecule has 2 aromatic rings. The highest BCUT2D eigenvalue weighted by molar-refractivity contribution is 5.77. The zero-order valence-electron chi connectivity index (χ0n) is 12.3. The fourth-order valence-electron chi connectivity index (χ4n) is 1.80. The van der Waals surface area contributed by atoms with Gasteiger partial charge in [0, 0.05) is 6.07 Å². The lowest BCUT2D eigenvalue weighted by Gasteiger charge is -2.09. The maximum absolute atomic E-state index is 11.6. The maximum atomic E-state index is 11.6. The summed E-state index contributed by atoms with van der Waals surface area (Å²) in [6.45, 7) is 0.339. The van der Waals surface area contributed by atoms with E-state index in [2.05, 4.69) is 5.32 Å². The minimum Gasteiger partial charge on any atom is -0.492 e. The third-order valence-electron chi connectivity index (χ3n) is 2.86. The number of amides is 1. The average molecular weight is 316 g/mol. The molecule has 7 heteroatoms. The number of carbonyl (C=O) groups is 1. The van der Waals surface area contributed by atoms with E-state index in [0.29, 0.717) is 13.2 Å². The number of nitrogens with zero attached hydrogens (tertiary/aromatic N) is 1. The third-order valence-corrected chi connectivity index (χ3v) is 2.86. The fraction of sp³-hybridized carbons (Fsp3) is 0.188. The van der Waals surface area contributed by atoms with Crippen LogP contribution in [0.15, 0.2) is 54.6 Å². The van der Waals surface area contributed by atoms with Crippen LogP contribution in [0.2, 0.25) is 0 Å². The Balaban J connectivity index is 1.70. The maximum Gasteiger partial charge on any atom is 0.310 e. The molecule has 0 aliphatic heterocycles. The van der Waals surface area contributed by atoms with Gasteiger partial charge in [-0.15, -0.1) is 0 Å². The van der Waals surface area contributed by atoms with Crippen LogP contribution in [0.4, 0.5) is 5.69 Å². The van der Waals surface area contributed by atoms with Crippen LogP contribution in [0.25, 0.3) is 0 Å². The topological polar surface area (TPSA) is 90.7 Å². The van der Waals surface area contributed by atoms with E-state index >= 15 is 0 Å². The summed E-state index contributed by atoms with van der Waals surface area (Å²) in [5.41, 5.74) is -0.173. The summed E-state index contributed by atoms with van der Waals surface area (Å²) in [6.07, 6.45) is 0. The number of ether oxygens (including phenoxy) is 2. The van der Waals surface area contributed by atoms with Crippen molar-refractivity contribution in [3.05, 3.63) is 64.7 Å². The van der Waals surface area contributed by atoms with Crippen molar-refractivity contribution in [2.75, 3.05) is 19.8 Å². The summed E-state index contributed by atoms with van der Waals surface area (Å²) in [6, 6.07) is 15.1. The number of para-hydroxylation sites is 3. The quantitative estimate of drug-likeness (QED) is 0.458. The van der Waals surface area contributed by atoms with Crippen LogP contribution in [0, 0.1) is 10.1 Å². The molecule has 0 saturated carbocycles. The summed E-state index contributed by atoms with van der Waals surface area (Å²) in [4.78, 5) is 21.9. The number of nitro groups is 1. The smallest absolute Gasteiger partial charge is 0.310 e. The SMILES string of the molecule is O=C(COc1ccccc1[N+](=O)[O-])NCCOc1ccccc1. The van der Waals surface area contributed by atoms with Gasteiger partial charge in [0.1, 0.15) is 12.4 Å². The summed E-state index contributed by atoms with van der Waals surface area (Å²) in [5, 5.41) is 13.4. The molecule has 0 atom stereocenters. The van der Waals surface area contributed by atoms with Crippen LogP contribution in [0.5, 0.6) is 11.5 Å². The molecule has 0 radical (unpaired) electrons. The second kappa shape index (κ2) is 8.38. The molecule has 0 spiro atoms. The molecule has 1 amide bonds. The Labute approximate surface area is 133 Å². The molecule has 0 unspecified atom stereocenters. The summed E-state index contributed by atoms with van der Waals surface area (Å²) in [7, 11) is 0. The van der Waals surface area contributed by atoms with E-state index < -0.39 is 4.92 Å². The lowest BCUT2D eigenvalue weighted by molar-refractivity contribution is -0.385. The van der Waals surface area contributed by atoms with Gasteiger partial charge in [-0.2, -0.15) is 0 Å². The van der Waals surface area contributed by atoms with Gasteiger partial charge in [-0.05, 0) is 18.2 Å². The van der Waals surface area contributed by atoms with Crippen molar-refractivity contribution in [3.8, 4) is 11.5 Å². The first-order valence-corrected chi connectivity index (χ1v) is 6.97. The largest absolute Gasteiger partial charge is 0.492 e. The standard InChI is InChI=1S/C16H16N2O5/c19-16(17-10-11-22-13-6-2-1-3-7-13)12-23-15-9-5-4-8-14(15)18(20)21/h1-9H,10-12H2,(H,17,19). The Bertz CT molecular complexity index is 661. The summed E-state index contributed by atoms with van der Waals surface area (Å²) >= 11 is 0. The van der Waals surface area contributed by atoms with Gasteiger partial charge >= 0.3 is 5.69 Å². The molecule has 7 nitrogen and oxygen atoms in total. The normalized spacial score (nSPS) is 9.91. The third kappa shape index (κ3) is 5.31. The second-order valence-electron chi connectivity index (χ2n) is 4.52. The first-order chi connectivity index (χ1) is 11.2. The average Bonchev–Trinajstić information content (AvgIpc) is 2.58. The Morgan fingerprint density at radius 2 is 1.74 bits per heavy atom. The number of rotatable bonds is 8. The fourth-order valence-corrected chi connectivity index (χ4v) is 1.80. The van der Waals surface area contributed by atoms with Crippen LogP contribution in [-0.4, -0.2) is 30.6 Å². The highest BCUT2D eigenvalue weighted by Gasteiger charge is 2.14. The molecule has 0 heterocycles. The first-order valence-electron chi connectivity index (χ1n) is 6.97. The molecule has 0 bridgehead atoms. The van der Waals surface area contributed by atoms with Gasteiger partial charge in [-0.25, -0.2) is 0 Å². The monoisotopic (exact) mass is 316 g/mol. The van der Waals surface area contributed by atoms with Gasteiger partial charge < -0.3 is 14.8 Å². The van der Waals surface area contributed by atoms with E-state index in [1.165, 1.54) is 18.2 Å². The summed E-state index contributed by atoms with van der Waals surface area (Å²) < 4.78 is 10.6. The van der Waals surface area contributed by atoms with Crippen molar-refractivity contribution < 1.29 is 19.2 Å². The lowest BCUT2D eigenvalue weighted by Crippen LogP contribution is -2.32. The first kappa shape index (κ1) is 16.3. The van der Waals surface area contributed by atoms with Gasteiger partial charge in [-0.1, -0.05) is 30.3 Å². The predicted octanol–water partition coefficient (Wildman–Crippen LogP) is 2.17. The number of nitro benzene ring substituents is 1. The Morgan fingerprint density at radius 3 is 2.48 bits per heavy atom. The molecule has 0 aliphatic carbocycles. The molecule has 0 fully saturated rings. The molecular formula is C16H16N2O5. The number of benzene rings is 2. The number of nitrogens with one attached hydrogen (secondary N) is 1. The van der Waals surface area contributed by atoms with Crippen molar-refractivity contribution in [3.63, 3.8) is 0 Å². The van der Waals surface area contributed by atoms with E-state index in [0.717, 1.165) is 5.75 Å². The van der Waals surface area contributed by atoms with Gasteiger partial charge in [0.25, 0.3) is 5.91 Å². The van der Waals surface area contributed by atoms with E-state index in [1.54, 1.807) is 6.07 Å². The van der Waals surface area contributed by atoms with Crippen molar-refractivity contribution in [2.24, 2.45) is 0 Å². The number of hydrogen-bond donors (Lipinski definition) is 1. The second-order valence-corrected chi connectivity index (χ2v) is 4.52. The number of hydrogen-bond acceptors (Lipinski definition) is 5. The molecule has 2 aromatic carbocycles. The molecule has 2 rings (SSSR count). The lowest BCUT2D eigenvalue weighted by atomic mass is 10.3. The molecule has 0 aromatic heterocycles. The van der Waals surface area contributed by atoms with Crippen LogP contribution in [0.1, 0.15) is 0 Å². The molecule has 0 saturated heterocycles. The minimum atomic E-state index is -0.555. The summed E-state index contributed by atoms with van der Waals surface area (Å²) in [5.74, 6) is 0.408. The van der Waals surface area contributed by atoms with Crippen LogP contribution in [0.3, 0.4) is 0 Å². The zero-order valence-corrected chi connectivity index (χ0v) is 12.3. The Kier molecular flexibility index (Phi) is 5.93.